The van der Waals surface area contributed by atoms with E-state index in [1.807, 2.05) is 0 Å². The second kappa shape index (κ2) is 5.82. The molecule has 0 aromatic heterocycles. The summed E-state index contributed by atoms with van der Waals surface area (Å²) in [6, 6.07) is 4.37. The first kappa shape index (κ1) is 16.1. The molecule has 2 nitrogen and oxygen atoms in total. The maximum atomic E-state index is 13.3. The summed E-state index contributed by atoms with van der Waals surface area (Å²) in [6.45, 7) is 6.39. The summed E-state index contributed by atoms with van der Waals surface area (Å²) >= 11 is 0. The van der Waals surface area contributed by atoms with Gasteiger partial charge in [0.25, 0.3) is 0 Å². The molecule has 1 aromatic carbocycles. The zero-order chi connectivity index (χ0) is 17.0. The summed E-state index contributed by atoms with van der Waals surface area (Å²) in [5, 5.41) is 0. The summed E-state index contributed by atoms with van der Waals surface area (Å²) in [5.41, 5.74) is 4.74. The van der Waals surface area contributed by atoms with Crippen molar-refractivity contribution in [3.63, 3.8) is 0 Å². The Kier molecular flexibility index (Phi) is 3.89. The van der Waals surface area contributed by atoms with Crippen LogP contribution in [0, 0.1) is 30.6 Å². The van der Waals surface area contributed by atoms with Crippen molar-refractivity contribution in [2.24, 2.45) is 23.7 Å². The topological polar surface area (TPSA) is 34.1 Å². The van der Waals surface area contributed by atoms with Crippen LogP contribution in [0.4, 0.5) is 0 Å². The van der Waals surface area contributed by atoms with E-state index in [1.165, 1.54) is 16.7 Å². The fourth-order valence-electron chi connectivity index (χ4n) is 5.99. The SMILES string of the molecule is CCc1cc(C)cc(CC)c1C1C(=O)C2C3CCC(CC3)C2C1=O. The van der Waals surface area contributed by atoms with Gasteiger partial charge in [0.15, 0.2) is 11.6 Å². The molecule has 0 heterocycles. The lowest BCUT2D eigenvalue weighted by Gasteiger charge is -2.43. The molecule has 2 unspecified atom stereocenters. The first-order chi connectivity index (χ1) is 11.6. The smallest absolute Gasteiger partial charge is 0.151 e. The lowest BCUT2D eigenvalue weighted by Crippen LogP contribution is -2.41. The Hall–Kier alpha value is -1.44. The molecular weight excluding hydrogens is 296 g/mol. The Morgan fingerprint density at radius 2 is 1.25 bits per heavy atom. The molecule has 128 valence electrons. The average molecular weight is 324 g/mol. The minimum absolute atomic E-state index is 0.0331. The number of ketones is 2. The van der Waals surface area contributed by atoms with E-state index < -0.39 is 5.92 Å². The molecule has 2 bridgehead atoms. The molecule has 4 aliphatic carbocycles. The summed E-state index contributed by atoms with van der Waals surface area (Å²) in [7, 11) is 0. The molecule has 5 rings (SSSR count). The van der Waals surface area contributed by atoms with Crippen molar-refractivity contribution in [2.45, 2.75) is 65.2 Å². The maximum Gasteiger partial charge on any atom is 0.151 e. The lowest BCUT2D eigenvalue weighted by molar-refractivity contribution is -0.129. The zero-order valence-corrected chi connectivity index (χ0v) is 15.1. The highest BCUT2D eigenvalue weighted by atomic mass is 16.2. The van der Waals surface area contributed by atoms with E-state index in [1.54, 1.807) is 0 Å². The second-order valence-corrected chi connectivity index (χ2v) is 8.17. The van der Waals surface area contributed by atoms with E-state index in [-0.39, 0.29) is 23.4 Å². The standard InChI is InChI=1S/C22H28O2/c1-4-13-10-12(3)11-14(5-2)17(13)20-21(23)18-15-6-7-16(9-8-15)19(18)22(20)24/h10-11,15-16,18-20H,4-9H2,1-3H3. The third kappa shape index (κ3) is 2.14. The number of Topliss-reactive ketones (excluding diaryl/α,β-unsaturated/α-hetero) is 2. The number of benzene rings is 1. The first-order valence-electron chi connectivity index (χ1n) is 9.76. The molecule has 0 aliphatic heterocycles. The molecule has 1 aromatic rings. The summed E-state index contributed by atoms with van der Waals surface area (Å²) in [5.74, 6) is 1.06. The first-order valence-corrected chi connectivity index (χ1v) is 9.76. The highest BCUT2D eigenvalue weighted by Gasteiger charge is 2.59. The van der Waals surface area contributed by atoms with E-state index in [2.05, 4.69) is 32.9 Å². The molecule has 2 heteroatoms. The van der Waals surface area contributed by atoms with E-state index in [9.17, 15) is 9.59 Å². The van der Waals surface area contributed by atoms with Crippen LogP contribution in [0.3, 0.4) is 0 Å². The van der Waals surface area contributed by atoms with Crippen molar-refractivity contribution < 1.29 is 9.59 Å². The molecule has 4 fully saturated rings. The van der Waals surface area contributed by atoms with E-state index >= 15 is 0 Å². The van der Waals surface area contributed by atoms with Crippen molar-refractivity contribution in [3.05, 3.63) is 34.4 Å². The second-order valence-electron chi connectivity index (χ2n) is 8.17. The molecule has 4 aliphatic rings. The number of hydrogen-bond acceptors (Lipinski definition) is 2. The zero-order valence-electron chi connectivity index (χ0n) is 15.1. The Labute approximate surface area is 145 Å². The van der Waals surface area contributed by atoms with Crippen molar-refractivity contribution in [2.75, 3.05) is 0 Å². The van der Waals surface area contributed by atoms with Crippen molar-refractivity contribution >= 4 is 11.6 Å². The van der Waals surface area contributed by atoms with Gasteiger partial charge in [-0.15, -0.1) is 0 Å². The van der Waals surface area contributed by atoms with Crippen LogP contribution in [0.2, 0.25) is 0 Å². The molecule has 2 atom stereocenters. The van der Waals surface area contributed by atoms with Gasteiger partial charge in [0.05, 0.1) is 0 Å². The molecule has 0 N–H and O–H groups in total. The molecule has 4 saturated carbocycles. The Bertz CT molecular complexity index is 639. The van der Waals surface area contributed by atoms with Crippen LogP contribution >= 0.6 is 0 Å². The van der Waals surface area contributed by atoms with Crippen LogP contribution in [0.5, 0.6) is 0 Å². The van der Waals surface area contributed by atoms with E-state index in [0.29, 0.717) is 11.8 Å². The normalized spacial score (nSPS) is 34.7. The number of aryl methyl sites for hydroxylation is 3. The molecule has 24 heavy (non-hydrogen) atoms. The fourth-order valence-corrected chi connectivity index (χ4v) is 5.99. The minimum Gasteiger partial charge on any atom is -0.298 e. The Morgan fingerprint density at radius 3 is 1.62 bits per heavy atom. The highest BCUT2D eigenvalue weighted by molar-refractivity contribution is 6.16. The summed E-state index contributed by atoms with van der Waals surface area (Å²) in [6.07, 6.45) is 6.42. The number of carbonyl (C=O) groups excluding carboxylic acids is 2. The predicted molar refractivity (Wildman–Crippen MR) is 95.1 cm³/mol. The number of carbonyl (C=O) groups is 2. The lowest BCUT2D eigenvalue weighted by atomic mass is 9.59. The van der Waals surface area contributed by atoms with Gasteiger partial charge in [-0.05, 0) is 74.0 Å². The van der Waals surface area contributed by atoms with Gasteiger partial charge in [-0.2, -0.15) is 0 Å². The Balaban J connectivity index is 1.83. The molecule has 0 spiro atoms. The molecule has 0 saturated heterocycles. The molecule has 0 radical (unpaired) electrons. The van der Waals surface area contributed by atoms with Gasteiger partial charge in [-0.25, -0.2) is 0 Å². The summed E-state index contributed by atoms with van der Waals surface area (Å²) < 4.78 is 0. The fraction of sp³-hybridized carbons (Fsp3) is 0.636. The van der Waals surface area contributed by atoms with Gasteiger partial charge in [-0.1, -0.05) is 31.5 Å². The van der Waals surface area contributed by atoms with Gasteiger partial charge in [0.1, 0.15) is 5.92 Å². The largest absolute Gasteiger partial charge is 0.298 e. The van der Waals surface area contributed by atoms with Crippen LogP contribution in [-0.2, 0) is 22.4 Å². The number of hydrogen-bond donors (Lipinski definition) is 0. The monoisotopic (exact) mass is 324 g/mol. The van der Waals surface area contributed by atoms with E-state index in [4.69, 9.17) is 0 Å². The Morgan fingerprint density at radius 1 is 0.833 bits per heavy atom. The van der Waals surface area contributed by atoms with Crippen LogP contribution in [0.15, 0.2) is 12.1 Å². The average Bonchev–Trinajstić information content (AvgIpc) is 2.88. The molecule has 0 amide bonds. The third-order valence-electron chi connectivity index (χ3n) is 6.99. The summed E-state index contributed by atoms with van der Waals surface area (Å²) in [4.78, 5) is 26.7. The third-order valence-corrected chi connectivity index (χ3v) is 6.99. The molecular formula is C22H28O2. The van der Waals surface area contributed by atoms with Crippen LogP contribution in [0.25, 0.3) is 0 Å². The van der Waals surface area contributed by atoms with Crippen LogP contribution in [-0.4, -0.2) is 11.6 Å². The van der Waals surface area contributed by atoms with Crippen molar-refractivity contribution in [3.8, 4) is 0 Å². The van der Waals surface area contributed by atoms with Crippen molar-refractivity contribution in [1.82, 2.24) is 0 Å². The quantitative estimate of drug-likeness (QED) is 0.772. The van der Waals surface area contributed by atoms with Gasteiger partial charge in [0, 0.05) is 11.8 Å². The van der Waals surface area contributed by atoms with Crippen molar-refractivity contribution in [1.29, 1.82) is 0 Å². The maximum absolute atomic E-state index is 13.3. The van der Waals surface area contributed by atoms with Gasteiger partial charge < -0.3 is 0 Å². The minimum atomic E-state index is -0.466. The highest BCUT2D eigenvalue weighted by Crippen LogP contribution is 2.56. The number of rotatable bonds is 3. The van der Waals surface area contributed by atoms with Gasteiger partial charge >= 0.3 is 0 Å². The predicted octanol–water partition coefficient (Wildman–Crippen LogP) is 4.41. The van der Waals surface area contributed by atoms with Crippen LogP contribution < -0.4 is 0 Å². The van der Waals surface area contributed by atoms with E-state index in [0.717, 1.165) is 44.1 Å². The van der Waals surface area contributed by atoms with Gasteiger partial charge in [0.2, 0.25) is 0 Å². The van der Waals surface area contributed by atoms with Crippen LogP contribution in [0.1, 0.15) is 67.7 Å². The van der Waals surface area contributed by atoms with Gasteiger partial charge in [-0.3, -0.25) is 9.59 Å². The number of fused-ring (bicyclic) bond motifs is 2.